The lowest BCUT2D eigenvalue weighted by molar-refractivity contribution is -0.137. The summed E-state index contributed by atoms with van der Waals surface area (Å²) in [5.74, 6) is -0.115. The van der Waals surface area contributed by atoms with Crippen molar-refractivity contribution in [2.45, 2.75) is 33.5 Å². The van der Waals surface area contributed by atoms with Crippen molar-refractivity contribution in [2.24, 2.45) is 5.41 Å². The molecule has 0 radical (unpaired) electrons. The second-order valence-electron chi connectivity index (χ2n) is 8.31. The van der Waals surface area contributed by atoms with Gasteiger partial charge in [-0.2, -0.15) is 18.2 Å². The van der Waals surface area contributed by atoms with Crippen molar-refractivity contribution in [3.05, 3.63) is 75.2 Å². The molecule has 2 N–H and O–H groups in total. The number of alkyl halides is 3. The molecule has 1 heterocycles. The first kappa shape index (κ1) is 23.5. The van der Waals surface area contributed by atoms with E-state index in [4.69, 9.17) is 11.6 Å². The van der Waals surface area contributed by atoms with Gasteiger partial charge < -0.3 is 10.3 Å². The number of aromatic amines is 1. The first-order valence-electron chi connectivity index (χ1n) is 9.71. The molecule has 0 aliphatic carbocycles. The zero-order chi connectivity index (χ0) is 23.7. The van der Waals surface area contributed by atoms with Crippen LogP contribution in [-0.2, 0) is 17.5 Å². The van der Waals surface area contributed by atoms with E-state index < -0.39 is 22.8 Å². The summed E-state index contributed by atoms with van der Waals surface area (Å²) in [6, 6.07) is 11.1. The maximum atomic E-state index is 12.8. The second-order valence-corrected chi connectivity index (χ2v) is 8.71. The molecule has 0 bridgehead atoms. The van der Waals surface area contributed by atoms with E-state index >= 15 is 0 Å². The third kappa shape index (κ3) is 5.56. The lowest BCUT2D eigenvalue weighted by Crippen LogP contribution is -2.34. The van der Waals surface area contributed by atoms with Gasteiger partial charge in [0.1, 0.15) is 0 Å². The minimum atomic E-state index is -4.46. The zero-order valence-electron chi connectivity index (χ0n) is 17.6. The van der Waals surface area contributed by atoms with Crippen LogP contribution in [-0.4, -0.2) is 15.9 Å². The first-order valence-corrected chi connectivity index (χ1v) is 10.1. The van der Waals surface area contributed by atoms with Gasteiger partial charge in [0.05, 0.1) is 17.0 Å². The predicted octanol–water partition coefficient (Wildman–Crippen LogP) is 5.44. The van der Waals surface area contributed by atoms with E-state index in [1.54, 1.807) is 45.0 Å². The Balaban J connectivity index is 1.94. The van der Waals surface area contributed by atoms with Crippen LogP contribution < -0.4 is 11.0 Å². The zero-order valence-corrected chi connectivity index (χ0v) is 18.4. The van der Waals surface area contributed by atoms with Crippen molar-refractivity contribution in [1.29, 1.82) is 0 Å². The molecule has 0 saturated carbocycles. The smallest absolute Gasteiger partial charge is 0.352 e. The number of benzene rings is 2. The minimum Gasteiger partial charge on any atom is -0.352 e. The molecule has 168 valence electrons. The lowest BCUT2D eigenvalue weighted by Gasteiger charge is -2.18. The number of hydrogen-bond donors (Lipinski definition) is 2. The van der Waals surface area contributed by atoms with Crippen molar-refractivity contribution in [3.63, 3.8) is 0 Å². The fraction of sp³-hybridized carbons (Fsp3) is 0.261. The number of H-pyrrole nitrogens is 1. The van der Waals surface area contributed by atoms with Crippen LogP contribution in [0.4, 0.5) is 13.2 Å². The van der Waals surface area contributed by atoms with Crippen molar-refractivity contribution in [3.8, 4) is 22.5 Å². The average molecular weight is 464 g/mol. The molecule has 0 aliphatic rings. The molecule has 1 aromatic heterocycles. The number of carbonyl (C=O) groups excluding carboxylic acids is 1. The summed E-state index contributed by atoms with van der Waals surface area (Å²) in [5, 5.41) is 3.20. The molecule has 0 unspecified atom stereocenters. The number of carbonyl (C=O) groups is 1. The Bertz CT molecular complexity index is 1200. The van der Waals surface area contributed by atoms with Crippen molar-refractivity contribution in [1.82, 2.24) is 15.3 Å². The summed E-state index contributed by atoms with van der Waals surface area (Å²) in [7, 11) is 0. The molecule has 0 aliphatic heterocycles. The monoisotopic (exact) mass is 463 g/mol. The molecule has 9 heteroatoms. The van der Waals surface area contributed by atoms with Gasteiger partial charge in [-0.25, -0.2) is 4.79 Å². The van der Waals surface area contributed by atoms with Crippen LogP contribution in [0.1, 0.15) is 31.9 Å². The summed E-state index contributed by atoms with van der Waals surface area (Å²) in [4.78, 5) is 30.8. The van der Waals surface area contributed by atoms with E-state index in [0.717, 1.165) is 17.7 Å². The van der Waals surface area contributed by atoms with Gasteiger partial charge in [-0.05, 0) is 35.9 Å². The summed E-state index contributed by atoms with van der Waals surface area (Å²) >= 11 is 6.33. The first-order chi connectivity index (χ1) is 14.8. The molecule has 1 amide bonds. The van der Waals surface area contributed by atoms with Crippen molar-refractivity contribution in [2.75, 3.05) is 0 Å². The molecule has 32 heavy (non-hydrogen) atoms. The SMILES string of the molecule is CC(C)(C)C(=O)NCc1ccc(Cl)c(-c2cc(-c3ccc(C(F)(F)F)cc3)nc(=O)[nH]2)c1. The number of nitrogens with zero attached hydrogens (tertiary/aromatic N) is 1. The molecular formula is C23H21ClF3N3O2. The highest BCUT2D eigenvalue weighted by atomic mass is 35.5. The maximum Gasteiger partial charge on any atom is 0.416 e. The van der Waals surface area contributed by atoms with Gasteiger partial charge in [0.15, 0.2) is 0 Å². The highest BCUT2D eigenvalue weighted by Gasteiger charge is 2.30. The molecule has 5 nitrogen and oxygen atoms in total. The fourth-order valence-corrected chi connectivity index (χ4v) is 3.14. The van der Waals surface area contributed by atoms with Crippen LogP contribution in [0.3, 0.4) is 0 Å². The Morgan fingerprint density at radius 1 is 1.06 bits per heavy atom. The Kier molecular flexibility index (Phi) is 6.46. The minimum absolute atomic E-state index is 0.115. The van der Waals surface area contributed by atoms with Gasteiger partial charge in [-0.3, -0.25) is 4.79 Å². The van der Waals surface area contributed by atoms with Gasteiger partial charge in [-0.15, -0.1) is 0 Å². The molecule has 0 spiro atoms. The van der Waals surface area contributed by atoms with Crippen LogP contribution in [0, 0.1) is 5.41 Å². The van der Waals surface area contributed by atoms with E-state index in [1.807, 2.05) is 0 Å². The Labute approximate surface area is 187 Å². The Morgan fingerprint density at radius 2 is 1.72 bits per heavy atom. The number of hydrogen-bond acceptors (Lipinski definition) is 3. The van der Waals surface area contributed by atoms with Crippen LogP contribution in [0.25, 0.3) is 22.5 Å². The van der Waals surface area contributed by atoms with Crippen molar-refractivity contribution < 1.29 is 18.0 Å². The number of rotatable bonds is 4. The van der Waals surface area contributed by atoms with Gasteiger partial charge in [0, 0.05) is 28.1 Å². The number of halogens is 4. The largest absolute Gasteiger partial charge is 0.416 e. The molecule has 0 fully saturated rings. The average Bonchev–Trinajstić information content (AvgIpc) is 2.71. The number of nitrogens with one attached hydrogen (secondary N) is 2. The van der Waals surface area contributed by atoms with Gasteiger partial charge in [0.2, 0.25) is 5.91 Å². The summed E-state index contributed by atoms with van der Waals surface area (Å²) in [5.41, 5.74) is 0.183. The van der Waals surface area contributed by atoms with Gasteiger partial charge >= 0.3 is 11.9 Å². The number of aromatic nitrogens is 2. The lowest BCUT2D eigenvalue weighted by atomic mass is 9.95. The van der Waals surface area contributed by atoms with Crippen LogP contribution in [0.15, 0.2) is 53.3 Å². The molecule has 2 aromatic carbocycles. The standard InChI is InChI=1S/C23H21ClF3N3O2/c1-22(2,3)20(31)28-12-13-4-9-17(24)16(10-13)19-11-18(29-21(32)30-19)14-5-7-15(8-6-14)23(25,26)27/h4-11H,12H2,1-3H3,(H,28,31)(H,29,30,32). The summed E-state index contributed by atoms with van der Waals surface area (Å²) < 4.78 is 38.5. The molecular weight excluding hydrogens is 443 g/mol. The van der Waals surface area contributed by atoms with Gasteiger partial charge in [0.25, 0.3) is 0 Å². The quantitative estimate of drug-likeness (QED) is 0.541. The second kappa shape index (κ2) is 8.78. The van der Waals surface area contributed by atoms with E-state index in [-0.39, 0.29) is 18.1 Å². The van der Waals surface area contributed by atoms with E-state index in [9.17, 15) is 22.8 Å². The number of amides is 1. The highest BCUT2D eigenvalue weighted by Crippen LogP contribution is 2.32. The third-order valence-corrected chi connectivity index (χ3v) is 5.04. The topological polar surface area (TPSA) is 74.8 Å². The molecule has 0 saturated heterocycles. The predicted molar refractivity (Wildman–Crippen MR) is 117 cm³/mol. The van der Waals surface area contributed by atoms with Gasteiger partial charge in [-0.1, -0.05) is 50.6 Å². The normalized spacial score (nSPS) is 12.0. The maximum absolute atomic E-state index is 12.8. The van der Waals surface area contributed by atoms with E-state index in [0.29, 0.717) is 21.8 Å². The molecule has 0 atom stereocenters. The van der Waals surface area contributed by atoms with E-state index in [2.05, 4.69) is 15.3 Å². The third-order valence-electron chi connectivity index (χ3n) is 4.71. The van der Waals surface area contributed by atoms with Crippen LogP contribution >= 0.6 is 11.6 Å². The van der Waals surface area contributed by atoms with Crippen LogP contribution in [0.2, 0.25) is 5.02 Å². The van der Waals surface area contributed by atoms with Crippen LogP contribution in [0.5, 0.6) is 0 Å². The summed E-state index contributed by atoms with van der Waals surface area (Å²) in [6.07, 6.45) is -4.46. The highest BCUT2D eigenvalue weighted by molar-refractivity contribution is 6.33. The van der Waals surface area contributed by atoms with E-state index in [1.165, 1.54) is 12.1 Å². The molecule has 3 rings (SSSR count). The Hall–Kier alpha value is -3.13. The summed E-state index contributed by atoms with van der Waals surface area (Å²) in [6.45, 7) is 5.68. The fourth-order valence-electron chi connectivity index (χ4n) is 2.92. The van der Waals surface area contributed by atoms with Crippen molar-refractivity contribution >= 4 is 17.5 Å². The molecule has 3 aromatic rings. The Morgan fingerprint density at radius 3 is 2.31 bits per heavy atom.